The first-order valence-electron chi connectivity index (χ1n) is 2.07. The molecule has 0 aliphatic rings. The van der Waals surface area contributed by atoms with E-state index in [1.807, 2.05) is 0 Å². The Kier molecular flexibility index (Phi) is 2.55. The summed E-state index contributed by atoms with van der Waals surface area (Å²) in [6.45, 7) is -1.85. The zero-order valence-electron chi connectivity index (χ0n) is 4.58. The van der Waals surface area contributed by atoms with Gasteiger partial charge in [-0.1, -0.05) is 0 Å². The Morgan fingerprint density at radius 2 is 1.50 bits per heavy atom. The minimum absolute atomic E-state index is 1.85. The minimum Gasteiger partial charge on any atom is -0.298 e. The first-order chi connectivity index (χ1) is 4.31. The Balaban J connectivity index is 4.10. The van der Waals surface area contributed by atoms with Crippen LogP contribution in [0.1, 0.15) is 0 Å². The van der Waals surface area contributed by atoms with E-state index in [4.69, 9.17) is 0 Å². The number of rotatable bonds is 2. The maximum Gasteiger partial charge on any atom is 0.455 e. The first kappa shape index (κ1) is 9.57. The van der Waals surface area contributed by atoms with E-state index in [1.165, 1.54) is 0 Å². The maximum atomic E-state index is 11.6. The molecule has 0 spiro atoms. The van der Waals surface area contributed by atoms with Crippen LogP contribution in [-0.4, -0.2) is 18.7 Å². The van der Waals surface area contributed by atoms with Crippen LogP contribution in [0.5, 0.6) is 0 Å². The van der Waals surface area contributed by atoms with E-state index in [9.17, 15) is 22.0 Å². The van der Waals surface area contributed by atoms with Gasteiger partial charge in [-0.2, -0.15) is 22.0 Å². The molecule has 0 atom stereocenters. The molecule has 0 saturated heterocycles. The molecule has 0 rings (SSSR count). The largest absolute Gasteiger partial charge is 0.455 e. The Bertz CT molecular complexity index is 110. The lowest BCUT2D eigenvalue weighted by molar-refractivity contribution is -0.297. The quantitative estimate of drug-likeness (QED) is 0.490. The van der Waals surface area contributed by atoms with Crippen molar-refractivity contribution in [2.24, 2.45) is 5.90 Å². The van der Waals surface area contributed by atoms with Crippen LogP contribution in [0.15, 0.2) is 0 Å². The highest BCUT2D eigenvalue weighted by molar-refractivity contribution is 4.74. The highest BCUT2D eigenvalue weighted by Crippen LogP contribution is 2.34. The minimum atomic E-state index is -5.59. The van der Waals surface area contributed by atoms with Gasteiger partial charge in [-0.25, -0.2) is 5.90 Å². The van der Waals surface area contributed by atoms with Crippen LogP contribution < -0.4 is 5.90 Å². The highest BCUT2D eigenvalue weighted by atomic mass is 19.4. The number of hydrogen-bond donors (Lipinski definition) is 1. The average Bonchev–Trinajstić information content (AvgIpc) is 1.61. The van der Waals surface area contributed by atoms with Gasteiger partial charge in [0.15, 0.2) is 0 Å². The van der Waals surface area contributed by atoms with Gasteiger partial charge in [-0.15, -0.1) is 0 Å². The van der Waals surface area contributed by atoms with Gasteiger partial charge in [0.2, 0.25) is 0 Å². The zero-order valence-corrected chi connectivity index (χ0v) is 4.58. The van der Waals surface area contributed by atoms with Crippen LogP contribution in [0.3, 0.4) is 0 Å². The van der Waals surface area contributed by atoms with Crippen LogP contribution in [0.25, 0.3) is 0 Å². The van der Waals surface area contributed by atoms with Gasteiger partial charge in [0, 0.05) is 0 Å². The summed E-state index contributed by atoms with van der Waals surface area (Å²) in [4.78, 5) is 3.16. The molecule has 0 heterocycles. The molecule has 0 aromatic heterocycles. The van der Waals surface area contributed by atoms with Crippen molar-refractivity contribution in [1.29, 1.82) is 0 Å². The van der Waals surface area contributed by atoms with E-state index >= 15 is 0 Å². The zero-order chi connectivity index (χ0) is 8.41. The molecule has 0 bridgehead atoms. The molecule has 0 aliphatic carbocycles. The average molecular weight is 165 g/mol. The summed E-state index contributed by atoms with van der Waals surface area (Å²) in [6, 6.07) is 0. The summed E-state index contributed by atoms with van der Waals surface area (Å²) in [5.41, 5.74) is 0. The molecule has 0 amide bonds. The van der Waals surface area contributed by atoms with E-state index < -0.39 is 18.7 Å². The van der Waals surface area contributed by atoms with E-state index in [-0.39, 0.29) is 0 Å². The lowest BCUT2D eigenvalue weighted by Gasteiger charge is -2.17. The standard InChI is InChI=1S/C3H4F5NO/c4-2(5,1-10-9)3(6,7)8/h1,9H2. The molecule has 62 valence electrons. The summed E-state index contributed by atoms with van der Waals surface area (Å²) in [5.74, 6) is -0.828. The van der Waals surface area contributed by atoms with Gasteiger partial charge >= 0.3 is 12.1 Å². The first-order valence-corrected chi connectivity index (χ1v) is 2.07. The molecule has 0 aliphatic heterocycles. The number of alkyl halides is 5. The van der Waals surface area contributed by atoms with Gasteiger partial charge in [0.1, 0.15) is 6.61 Å². The predicted octanol–water partition coefficient (Wildman–Crippen LogP) is 1.07. The molecule has 10 heavy (non-hydrogen) atoms. The monoisotopic (exact) mass is 165 g/mol. The Hall–Kier alpha value is -0.430. The number of nitrogens with two attached hydrogens (primary N) is 1. The summed E-state index contributed by atoms with van der Waals surface area (Å²) >= 11 is 0. The number of halogens is 5. The molecule has 0 fully saturated rings. The molecule has 7 heteroatoms. The van der Waals surface area contributed by atoms with E-state index in [0.29, 0.717) is 0 Å². The smallest absolute Gasteiger partial charge is 0.298 e. The third-order valence-corrected chi connectivity index (χ3v) is 0.679. The molecule has 0 aromatic carbocycles. The Morgan fingerprint density at radius 1 is 1.10 bits per heavy atom. The van der Waals surface area contributed by atoms with Crippen LogP contribution >= 0.6 is 0 Å². The normalized spacial score (nSPS) is 13.8. The second-order valence-electron chi connectivity index (χ2n) is 1.51. The SMILES string of the molecule is NOCC(F)(F)C(F)(F)F. The van der Waals surface area contributed by atoms with Crippen molar-refractivity contribution in [3.05, 3.63) is 0 Å². The van der Waals surface area contributed by atoms with Crippen LogP contribution in [0, 0.1) is 0 Å². The van der Waals surface area contributed by atoms with Crippen molar-refractivity contribution in [2.45, 2.75) is 12.1 Å². The summed E-state index contributed by atoms with van der Waals surface area (Å²) in [6.07, 6.45) is -5.59. The highest BCUT2D eigenvalue weighted by Gasteiger charge is 2.57. The van der Waals surface area contributed by atoms with Crippen LogP contribution in [0.2, 0.25) is 0 Å². The summed E-state index contributed by atoms with van der Waals surface area (Å²) in [5, 5.41) is 0. The molecule has 2 nitrogen and oxygen atoms in total. The lowest BCUT2D eigenvalue weighted by atomic mass is 10.3. The fourth-order valence-corrected chi connectivity index (χ4v) is 0.186. The van der Waals surface area contributed by atoms with Gasteiger partial charge in [0.05, 0.1) is 0 Å². The molecular weight excluding hydrogens is 161 g/mol. The Morgan fingerprint density at radius 3 is 1.60 bits per heavy atom. The fourth-order valence-electron chi connectivity index (χ4n) is 0.186. The second kappa shape index (κ2) is 2.67. The van der Waals surface area contributed by atoms with Crippen molar-refractivity contribution in [1.82, 2.24) is 0 Å². The molecule has 0 unspecified atom stereocenters. The second-order valence-corrected chi connectivity index (χ2v) is 1.51. The van der Waals surface area contributed by atoms with Crippen molar-refractivity contribution >= 4 is 0 Å². The van der Waals surface area contributed by atoms with E-state index in [1.54, 1.807) is 0 Å². The van der Waals surface area contributed by atoms with Crippen molar-refractivity contribution < 1.29 is 26.8 Å². The van der Waals surface area contributed by atoms with E-state index in [2.05, 4.69) is 10.7 Å². The molecule has 0 radical (unpaired) electrons. The fraction of sp³-hybridized carbons (Fsp3) is 1.00. The third kappa shape index (κ3) is 2.07. The number of hydrogen-bond acceptors (Lipinski definition) is 2. The van der Waals surface area contributed by atoms with Crippen molar-refractivity contribution in [2.75, 3.05) is 6.61 Å². The summed E-state index contributed by atoms with van der Waals surface area (Å²) < 4.78 is 56.6. The van der Waals surface area contributed by atoms with Gasteiger partial charge in [-0.05, 0) is 0 Å². The topological polar surface area (TPSA) is 35.2 Å². The molecule has 2 N–H and O–H groups in total. The van der Waals surface area contributed by atoms with Crippen LogP contribution in [-0.2, 0) is 4.84 Å². The third-order valence-electron chi connectivity index (χ3n) is 0.679. The van der Waals surface area contributed by atoms with Gasteiger partial charge < -0.3 is 0 Å². The lowest BCUT2D eigenvalue weighted by Crippen LogP contribution is -2.41. The van der Waals surface area contributed by atoms with Gasteiger partial charge in [0.25, 0.3) is 0 Å². The van der Waals surface area contributed by atoms with Crippen LogP contribution in [0.4, 0.5) is 22.0 Å². The van der Waals surface area contributed by atoms with Crippen molar-refractivity contribution in [3.8, 4) is 0 Å². The van der Waals surface area contributed by atoms with E-state index in [0.717, 1.165) is 0 Å². The molecule has 0 saturated carbocycles. The molecular formula is C3H4F5NO. The van der Waals surface area contributed by atoms with Gasteiger partial charge in [-0.3, -0.25) is 4.84 Å². The Labute approximate surface area is 52.7 Å². The molecule has 0 aromatic rings. The maximum absolute atomic E-state index is 11.6. The van der Waals surface area contributed by atoms with Crippen molar-refractivity contribution in [3.63, 3.8) is 0 Å². The predicted molar refractivity (Wildman–Crippen MR) is 21.1 cm³/mol. The summed E-state index contributed by atoms with van der Waals surface area (Å²) in [7, 11) is 0.